The van der Waals surface area contributed by atoms with E-state index in [0.717, 1.165) is 11.1 Å². The fourth-order valence-electron chi connectivity index (χ4n) is 2.33. The summed E-state index contributed by atoms with van der Waals surface area (Å²) in [5.41, 5.74) is 2.02. The molecular weight excluding hydrogens is 350 g/mol. The molecule has 0 saturated heterocycles. The molecule has 1 atom stereocenters. The second kappa shape index (κ2) is 7.74. The maximum absolute atomic E-state index is 12.4. The third-order valence-corrected chi connectivity index (χ3v) is 4.70. The lowest BCUT2D eigenvalue weighted by atomic mass is 10.1. The van der Waals surface area contributed by atoms with Crippen molar-refractivity contribution in [3.8, 4) is 11.5 Å². The standard InChI is InChI=1S/C18H21N5O2S/c1-11(2)23-15(9-10-19-23)20-16(24)13(4)26-18-22-21-17(25-18)14-7-5-12(3)6-8-14/h5-11,13H,1-4H3,(H,20,24). The number of amides is 1. The average Bonchev–Trinajstić information content (AvgIpc) is 3.25. The van der Waals surface area contributed by atoms with Gasteiger partial charge in [0.05, 0.1) is 11.4 Å². The van der Waals surface area contributed by atoms with Gasteiger partial charge in [-0.3, -0.25) is 4.79 Å². The van der Waals surface area contributed by atoms with Gasteiger partial charge in [0.25, 0.3) is 5.22 Å². The van der Waals surface area contributed by atoms with E-state index in [1.54, 1.807) is 23.9 Å². The summed E-state index contributed by atoms with van der Waals surface area (Å²) in [4.78, 5) is 12.4. The molecule has 0 saturated carbocycles. The molecule has 136 valence electrons. The summed E-state index contributed by atoms with van der Waals surface area (Å²) in [6.07, 6.45) is 1.67. The molecule has 3 rings (SSSR count). The number of thioether (sulfide) groups is 1. The Morgan fingerprint density at radius 3 is 2.58 bits per heavy atom. The number of carbonyl (C=O) groups excluding carboxylic acids is 1. The Labute approximate surface area is 156 Å². The largest absolute Gasteiger partial charge is 0.411 e. The van der Waals surface area contributed by atoms with E-state index in [2.05, 4.69) is 20.6 Å². The summed E-state index contributed by atoms with van der Waals surface area (Å²) >= 11 is 1.22. The van der Waals surface area contributed by atoms with Crippen LogP contribution in [0.2, 0.25) is 0 Å². The van der Waals surface area contributed by atoms with E-state index in [9.17, 15) is 4.79 Å². The number of anilines is 1. The van der Waals surface area contributed by atoms with Crippen molar-refractivity contribution in [2.45, 2.75) is 44.2 Å². The number of hydrogen-bond donors (Lipinski definition) is 1. The highest BCUT2D eigenvalue weighted by Gasteiger charge is 2.20. The Morgan fingerprint density at radius 1 is 1.15 bits per heavy atom. The summed E-state index contributed by atoms with van der Waals surface area (Å²) in [6, 6.07) is 9.77. The molecule has 0 aliphatic rings. The first-order valence-electron chi connectivity index (χ1n) is 8.35. The van der Waals surface area contributed by atoms with Crippen LogP contribution >= 0.6 is 11.8 Å². The lowest BCUT2D eigenvalue weighted by Crippen LogP contribution is -2.24. The minimum Gasteiger partial charge on any atom is -0.411 e. The summed E-state index contributed by atoms with van der Waals surface area (Å²) in [5.74, 6) is 0.966. The molecule has 0 aliphatic heterocycles. The predicted octanol–water partition coefficient (Wildman–Crippen LogP) is 3.94. The second-order valence-corrected chi connectivity index (χ2v) is 7.54. The molecule has 0 aliphatic carbocycles. The van der Waals surface area contributed by atoms with Gasteiger partial charge in [0.15, 0.2) is 0 Å². The van der Waals surface area contributed by atoms with Crippen molar-refractivity contribution in [1.29, 1.82) is 0 Å². The Bertz CT molecular complexity index is 885. The van der Waals surface area contributed by atoms with Crippen LogP contribution in [-0.2, 0) is 4.79 Å². The number of carbonyl (C=O) groups is 1. The fraction of sp³-hybridized carbons (Fsp3) is 0.333. The van der Waals surface area contributed by atoms with Crippen molar-refractivity contribution in [3.63, 3.8) is 0 Å². The summed E-state index contributed by atoms with van der Waals surface area (Å²) in [7, 11) is 0. The van der Waals surface area contributed by atoms with Gasteiger partial charge in [-0.2, -0.15) is 5.10 Å². The van der Waals surface area contributed by atoms with Crippen LogP contribution in [0.25, 0.3) is 11.5 Å². The van der Waals surface area contributed by atoms with E-state index in [1.807, 2.05) is 45.0 Å². The molecule has 1 N–H and O–H groups in total. The van der Waals surface area contributed by atoms with Crippen LogP contribution in [0.15, 0.2) is 46.2 Å². The van der Waals surface area contributed by atoms with E-state index in [1.165, 1.54) is 11.8 Å². The molecule has 1 unspecified atom stereocenters. The first-order chi connectivity index (χ1) is 12.4. The summed E-state index contributed by atoms with van der Waals surface area (Å²) in [6.45, 7) is 7.83. The SMILES string of the molecule is Cc1ccc(-c2nnc(SC(C)C(=O)Nc3ccnn3C(C)C)o2)cc1. The van der Waals surface area contributed by atoms with Crippen LogP contribution in [0.3, 0.4) is 0 Å². The van der Waals surface area contributed by atoms with Gasteiger partial charge in [-0.25, -0.2) is 4.68 Å². The van der Waals surface area contributed by atoms with Gasteiger partial charge in [0.2, 0.25) is 11.8 Å². The topological polar surface area (TPSA) is 85.8 Å². The molecule has 2 heterocycles. The predicted molar refractivity (Wildman–Crippen MR) is 101 cm³/mol. The van der Waals surface area contributed by atoms with Crippen molar-refractivity contribution in [3.05, 3.63) is 42.1 Å². The third-order valence-electron chi connectivity index (χ3n) is 3.76. The first kappa shape index (κ1) is 18.2. The van der Waals surface area contributed by atoms with Crippen LogP contribution in [0.1, 0.15) is 32.4 Å². The lowest BCUT2D eigenvalue weighted by molar-refractivity contribution is -0.115. The number of nitrogens with one attached hydrogen (secondary N) is 1. The zero-order valence-corrected chi connectivity index (χ0v) is 15.9. The van der Waals surface area contributed by atoms with Gasteiger partial charge >= 0.3 is 0 Å². The average molecular weight is 371 g/mol. The smallest absolute Gasteiger partial charge is 0.277 e. The number of nitrogens with zero attached hydrogens (tertiary/aromatic N) is 4. The first-order valence-corrected chi connectivity index (χ1v) is 9.23. The molecule has 0 fully saturated rings. The molecule has 1 aromatic carbocycles. The molecule has 8 heteroatoms. The molecule has 3 aromatic rings. The number of aromatic nitrogens is 4. The quantitative estimate of drug-likeness (QED) is 0.661. The Balaban J connectivity index is 1.64. The van der Waals surface area contributed by atoms with Crippen molar-refractivity contribution < 1.29 is 9.21 Å². The van der Waals surface area contributed by atoms with Gasteiger partial charge in [0, 0.05) is 17.7 Å². The molecule has 0 bridgehead atoms. The maximum atomic E-state index is 12.4. The van der Waals surface area contributed by atoms with Crippen LogP contribution in [-0.4, -0.2) is 31.1 Å². The number of benzene rings is 1. The van der Waals surface area contributed by atoms with Crippen LogP contribution in [0.5, 0.6) is 0 Å². The van der Waals surface area contributed by atoms with Gasteiger partial charge in [-0.1, -0.05) is 29.5 Å². The Kier molecular flexibility index (Phi) is 5.41. The summed E-state index contributed by atoms with van der Waals surface area (Å²) < 4.78 is 7.43. The molecule has 7 nitrogen and oxygen atoms in total. The van der Waals surface area contributed by atoms with Crippen LogP contribution < -0.4 is 5.32 Å². The third kappa shape index (κ3) is 4.13. The molecule has 2 aromatic heterocycles. The van der Waals surface area contributed by atoms with Gasteiger partial charge in [-0.05, 0) is 39.8 Å². The van der Waals surface area contributed by atoms with Crippen molar-refractivity contribution in [2.24, 2.45) is 0 Å². The van der Waals surface area contributed by atoms with E-state index in [4.69, 9.17) is 4.42 Å². The number of hydrogen-bond acceptors (Lipinski definition) is 6. The highest BCUT2D eigenvalue weighted by atomic mass is 32.2. The Hall–Kier alpha value is -2.61. The van der Waals surface area contributed by atoms with Crippen LogP contribution in [0.4, 0.5) is 5.82 Å². The van der Waals surface area contributed by atoms with E-state index < -0.39 is 5.25 Å². The van der Waals surface area contributed by atoms with Gasteiger partial charge in [-0.15, -0.1) is 10.2 Å². The minimum absolute atomic E-state index is 0.146. The minimum atomic E-state index is -0.392. The van der Waals surface area contributed by atoms with E-state index in [-0.39, 0.29) is 11.9 Å². The zero-order valence-electron chi connectivity index (χ0n) is 15.1. The Morgan fingerprint density at radius 2 is 1.88 bits per heavy atom. The highest BCUT2D eigenvalue weighted by molar-refractivity contribution is 8.00. The normalized spacial score (nSPS) is 12.3. The van der Waals surface area contributed by atoms with Gasteiger partial charge < -0.3 is 9.73 Å². The van der Waals surface area contributed by atoms with Crippen molar-refractivity contribution in [1.82, 2.24) is 20.0 Å². The number of aryl methyl sites for hydroxylation is 1. The van der Waals surface area contributed by atoms with Crippen molar-refractivity contribution >= 4 is 23.5 Å². The van der Waals surface area contributed by atoms with E-state index >= 15 is 0 Å². The monoisotopic (exact) mass is 371 g/mol. The molecule has 0 spiro atoms. The highest BCUT2D eigenvalue weighted by Crippen LogP contribution is 2.27. The summed E-state index contributed by atoms with van der Waals surface area (Å²) in [5, 5.41) is 15.2. The molecule has 26 heavy (non-hydrogen) atoms. The van der Waals surface area contributed by atoms with Crippen molar-refractivity contribution in [2.75, 3.05) is 5.32 Å². The number of rotatable bonds is 6. The molecular formula is C18H21N5O2S. The van der Waals surface area contributed by atoms with Crippen LogP contribution in [0, 0.1) is 6.92 Å². The molecule has 0 radical (unpaired) electrons. The zero-order chi connectivity index (χ0) is 18.7. The van der Waals surface area contributed by atoms with Gasteiger partial charge in [0.1, 0.15) is 5.82 Å². The maximum Gasteiger partial charge on any atom is 0.277 e. The second-order valence-electron chi connectivity index (χ2n) is 6.24. The fourth-order valence-corrected chi connectivity index (χ4v) is 3.01. The molecule has 1 amide bonds. The lowest BCUT2D eigenvalue weighted by Gasteiger charge is -2.13. The van der Waals surface area contributed by atoms with E-state index in [0.29, 0.717) is 16.9 Å².